The van der Waals surface area contributed by atoms with Crippen LogP contribution >= 0.6 is 22.9 Å². The molecule has 2 aromatic heterocycles. The molecule has 6 rings (SSSR count). The van der Waals surface area contributed by atoms with Crippen LogP contribution in [0.25, 0.3) is 32.8 Å². The number of thiazole rings is 1. The summed E-state index contributed by atoms with van der Waals surface area (Å²) in [5.74, 6) is -0.579. The lowest BCUT2D eigenvalue weighted by molar-refractivity contribution is 0.0785. The number of primary amides is 1. The van der Waals surface area contributed by atoms with Crippen molar-refractivity contribution < 1.29 is 9.90 Å². The summed E-state index contributed by atoms with van der Waals surface area (Å²) in [7, 11) is 0. The van der Waals surface area contributed by atoms with Crippen LogP contribution in [0.2, 0.25) is 5.02 Å². The zero-order valence-electron chi connectivity index (χ0n) is 21.4. The Balaban J connectivity index is 1.64. The predicted molar refractivity (Wildman–Crippen MR) is 154 cm³/mol. The Labute approximate surface area is 232 Å². The Morgan fingerprint density at radius 2 is 1.85 bits per heavy atom. The largest absolute Gasteiger partial charge is 0.386 e. The van der Waals surface area contributed by atoms with Crippen LogP contribution in [0, 0.1) is 6.92 Å². The molecular weight excluding hydrogens is 534 g/mol. The second-order valence-electron chi connectivity index (χ2n) is 10.3. The van der Waals surface area contributed by atoms with Crippen LogP contribution in [0.15, 0.2) is 69.7 Å². The van der Waals surface area contributed by atoms with E-state index in [-0.39, 0.29) is 0 Å². The maximum absolute atomic E-state index is 13.3. The van der Waals surface area contributed by atoms with Gasteiger partial charge in [0.2, 0.25) is 5.91 Å². The molecule has 0 spiro atoms. The van der Waals surface area contributed by atoms with Gasteiger partial charge in [-0.25, -0.2) is 9.36 Å². The lowest BCUT2D eigenvalue weighted by Crippen LogP contribution is -2.35. The highest BCUT2D eigenvalue weighted by molar-refractivity contribution is 7.15. The number of carbonyl (C=O) groups excluding carboxylic acids is 1. The lowest BCUT2D eigenvalue weighted by atomic mass is 9.88. The number of nitrogens with zero attached hydrogens (tertiary/aromatic N) is 2. The second-order valence-corrected chi connectivity index (χ2v) is 11.6. The first-order valence-electron chi connectivity index (χ1n) is 12.3. The van der Waals surface area contributed by atoms with E-state index in [1.54, 1.807) is 43.6 Å². The molecule has 0 fully saturated rings. The van der Waals surface area contributed by atoms with Crippen LogP contribution in [-0.2, 0) is 12.0 Å². The smallest absolute Gasteiger partial charge is 0.340 e. The molecule has 39 heavy (non-hydrogen) atoms. The van der Waals surface area contributed by atoms with Gasteiger partial charge < -0.3 is 10.8 Å². The molecule has 5 aromatic rings. The highest BCUT2D eigenvalue weighted by atomic mass is 35.5. The van der Waals surface area contributed by atoms with E-state index in [1.165, 1.54) is 21.8 Å². The molecule has 1 aliphatic rings. The van der Waals surface area contributed by atoms with Crippen LogP contribution in [-0.4, -0.2) is 20.0 Å². The van der Waals surface area contributed by atoms with Gasteiger partial charge in [0.05, 0.1) is 11.3 Å². The summed E-state index contributed by atoms with van der Waals surface area (Å²) < 4.78 is 2.61. The van der Waals surface area contributed by atoms with E-state index in [0.717, 1.165) is 37.9 Å². The molecular formula is C30H24ClN3O4S. The van der Waals surface area contributed by atoms with Gasteiger partial charge in [0, 0.05) is 33.8 Å². The molecule has 1 amide bonds. The molecule has 1 aliphatic carbocycles. The highest BCUT2D eigenvalue weighted by Gasteiger charge is 2.31. The molecule has 3 aromatic carbocycles. The molecule has 196 valence electrons. The summed E-state index contributed by atoms with van der Waals surface area (Å²) in [6.45, 7) is 5.29. The number of halogens is 1. The number of benzene rings is 3. The van der Waals surface area contributed by atoms with Gasteiger partial charge in [0.25, 0.3) is 5.56 Å². The van der Waals surface area contributed by atoms with E-state index in [2.05, 4.69) is 0 Å². The summed E-state index contributed by atoms with van der Waals surface area (Å²) in [5.41, 5.74) is 10.9. The van der Waals surface area contributed by atoms with Gasteiger partial charge in [-0.2, -0.15) is 0 Å². The fourth-order valence-electron chi connectivity index (χ4n) is 5.49. The van der Waals surface area contributed by atoms with Crippen molar-refractivity contribution in [3.05, 3.63) is 114 Å². The van der Waals surface area contributed by atoms with E-state index in [9.17, 15) is 19.5 Å². The van der Waals surface area contributed by atoms with Gasteiger partial charge in [0.1, 0.15) is 4.83 Å². The number of hydrogen-bond donors (Lipinski definition) is 2. The van der Waals surface area contributed by atoms with Crippen LogP contribution in [0.1, 0.15) is 46.5 Å². The number of aromatic nitrogens is 2. The van der Waals surface area contributed by atoms with Crippen molar-refractivity contribution in [1.29, 1.82) is 0 Å². The summed E-state index contributed by atoms with van der Waals surface area (Å²) in [6.07, 6.45) is 2.09. The summed E-state index contributed by atoms with van der Waals surface area (Å²) in [5, 5.41) is 12.7. The molecule has 0 aliphatic heterocycles. The Kier molecular flexibility index (Phi) is 5.69. The van der Waals surface area contributed by atoms with Gasteiger partial charge >= 0.3 is 5.69 Å². The normalized spacial score (nSPS) is 12.5. The highest BCUT2D eigenvalue weighted by Crippen LogP contribution is 2.49. The van der Waals surface area contributed by atoms with E-state index in [1.807, 2.05) is 31.2 Å². The molecule has 0 bridgehead atoms. The molecule has 0 radical (unpaired) electrons. The molecule has 2 heterocycles. The van der Waals surface area contributed by atoms with Crippen molar-refractivity contribution in [2.24, 2.45) is 5.73 Å². The zero-order chi connectivity index (χ0) is 27.8. The van der Waals surface area contributed by atoms with Gasteiger partial charge in [0.15, 0.2) is 0 Å². The molecule has 0 atom stereocenters. The summed E-state index contributed by atoms with van der Waals surface area (Å²) >= 11 is 8.20. The number of rotatable bonds is 4. The number of fused-ring (bicyclic) bond motifs is 4. The molecule has 7 nitrogen and oxygen atoms in total. The Bertz CT molecular complexity index is 1980. The van der Waals surface area contributed by atoms with Gasteiger partial charge in [-0.05, 0) is 78.3 Å². The minimum absolute atomic E-state index is 0.333. The standard InChI is InChI=1S/C30H24ClN3O4S/c1-15-18(5-4-6-23(15)34-24(35)14-25-33(29(34)37)9-10-39-25)27-22(31)13-21(28(32)36)20-12-16-11-17(30(2,3)38)7-8-19(16)26(20)27/h4-11,13-14,38H,12H2,1-3H3,(H2,32,36). The van der Waals surface area contributed by atoms with Gasteiger partial charge in [-0.3, -0.25) is 14.0 Å². The van der Waals surface area contributed by atoms with Crippen LogP contribution in [0.4, 0.5) is 0 Å². The van der Waals surface area contributed by atoms with Crippen molar-refractivity contribution in [2.75, 3.05) is 0 Å². The first-order valence-corrected chi connectivity index (χ1v) is 13.6. The third kappa shape index (κ3) is 3.86. The third-order valence-corrected chi connectivity index (χ3v) is 8.53. The molecule has 9 heteroatoms. The minimum atomic E-state index is -1.04. The third-order valence-electron chi connectivity index (χ3n) is 7.42. The first-order chi connectivity index (χ1) is 18.5. The maximum atomic E-state index is 13.3. The maximum Gasteiger partial charge on any atom is 0.340 e. The lowest BCUT2D eigenvalue weighted by Gasteiger charge is -2.20. The van der Waals surface area contributed by atoms with E-state index in [4.69, 9.17) is 17.3 Å². The predicted octanol–water partition coefficient (Wildman–Crippen LogP) is 5.04. The average molecular weight is 558 g/mol. The number of amides is 1. The quantitative estimate of drug-likeness (QED) is 0.317. The van der Waals surface area contributed by atoms with Crippen molar-refractivity contribution in [1.82, 2.24) is 8.97 Å². The SMILES string of the molecule is Cc1c(-c2c(Cl)cc(C(N)=O)c3c2-c2ccc(C(C)(C)O)cc2C3)cccc1-n1c(=O)cc2sccn2c1=O. The summed E-state index contributed by atoms with van der Waals surface area (Å²) in [4.78, 5) is 39.4. The van der Waals surface area contributed by atoms with Gasteiger partial charge in [-0.1, -0.05) is 41.9 Å². The second kappa shape index (κ2) is 8.77. The van der Waals surface area contributed by atoms with E-state index < -0.39 is 22.8 Å². The van der Waals surface area contributed by atoms with Crippen LogP contribution in [0.5, 0.6) is 0 Å². The Hall–Kier alpha value is -3.98. The molecule has 0 saturated carbocycles. The van der Waals surface area contributed by atoms with E-state index in [0.29, 0.717) is 38.7 Å². The fourth-order valence-corrected chi connectivity index (χ4v) is 6.54. The number of aliphatic hydroxyl groups is 1. The topological polar surface area (TPSA) is 107 Å². The number of nitrogens with two attached hydrogens (primary N) is 1. The monoisotopic (exact) mass is 557 g/mol. The summed E-state index contributed by atoms with van der Waals surface area (Å²) in [6, 6.07) is 14.2. The first kappa shape index (κ1) is 25.3. The fraction of sp³-hybridized carbons (Fsp3) is 0.167. The zero-order valence-corrected chi connectivity index (χ0v) is 23.0. The van der Waals surface area contributed by atoms with Crippen molar-refractivity contribution in [2.45, 2.75) is 32.8 Å². The molecule has 3 N–H and O–H groups in total. The van der Waals surface area contributed by atoms with Crippen LogP contribution < -0.4 is 17.0 Å². The number of hydrogen-bond acceptors (Lipinski definition) is 5. The van der Waals surface area contributed by atoms with Crippen molar-refractivity contribution >= 4 is 33.7 Å². The van der Waals surface area contributed by atoms with Crippen LogP contribution in [0.3, 0.4) is 0 Å². The van der Waals surface area contributed by atoms with Crippen molar-refractivity contribution in [3.8, 4) is 27.9 Å². The minimum Gasteiger partial charge on any atom is -0.386 e. The molecule has 0 unspecified atom stereocenters. The van der Waals surface area contributed by atoms with E-state index >= 15 is 0 Å². The number of carbonyl (C=O) groups is 1. The molecule has 0 saturated heterocycles. The van der Waals surface area contributed by atoms with Gasteiger partial charge in [-0.15, -0.1) is 11.3 Å². The Morgan fingerprint density at radius 3 is 2.56 bits per heavy atom. The van der Waals surface area contributed by atoms with Crippen molar-refractivity contribution in [3.63, 3.8) is 0 Å². The Morgan fingerprint density at radius 1 is 1.08 bits per heavy atom. The average Bonchev–Trinajstić information content (AvgIpc) is 3.49.